The summed E-state index contributed by atoms with van der Waals surface area (Å²) in [5.41, 5.74) is 5.83. The molecular formula is C39H43NO5. The molecule has 0 radical (unpaired) electrons. The van der Waals surface area contributed by atoms with E-state index in [0.717, 1.165) is 64.3 Å². The minimum Gasteiger partial charge on any atom is -0.497 e. The number of aromatic carboxylic acids is 1. The first-order valence-corrected chi connectivity index (χ1v) is 15.8. The molecule has 2 aliphatic rings. The fourth-order valence-electron chi connectivity index (χ4n) is 6.05. The second kappa shape index (κ2) is 13.9. The van der Waals surface area contributed by atoms with Crippen molar-refractivity contribution < 1.29 is 24.1 Å². The molecule has 3 atom stereocenters. The molecule has 0 aliphatic carbocycles. The van der Waals surface area contributed by atoms with Crippen molar-refractivity contribution in [3.63, 3.8) is 0 Å². The van der Waals surface area contributed by atoms with Gasteiger partial charge in [-0.05, 0) is 105 Å². The fourth-order valence-corrected chi connectivity index (χ4v) is 6.05. The summed E-state index contributed by atoms with van der Waals surface area (Å²) in [6, 6.07) is 18.9. The van der Waals surface area contributed by atoms with Gasteiger partial charge in [0.1, 0.15) is 17.3 Å². The molecule has 0 fully saturated rings. The molecule has 0 saturated carbocycles. The minimum absolute atomic E-state index is 0.225. The van der Waals surface area contributed by atoms with Crippen molar-refractivity contribution in [2.45, 2.75) is 59.9 Å². The largest absolute Gasteiger partial charge is 0.497 e. The van der Waals surface area contributed by atoms with E-state index in [4.69, 9.17) is 14.2 Å². The molecule has 2 N–H and O–H groups in total. The van der Waals surface area contributed by atoms with Crippen LogP contribution in [0.2, 0.25) is 0 Å². The van der Waals surface area contributed by atoms with Crippen LogP contribution in [0.3, 0.4) is 0 Å². The number of hydrogen-bond acceptors (Lipinski definition) is 5. The smallest absolute Gasteiger partial charge is 0.337 e. The molecule has 0 bridgehead atoms. The number of hydrogen-bond donors (Lipinski definition) is 2. The standard InChI is InChI=1S/C39H43NO5/c1-7-12-28-23-37(35-18-17-25(4)27(8-2)22-36(44-35)29-13-11-14-30(21-29)43-6)45-38-32(19-24(3)20-33(28)38)26(5)40-34-16-10-9-15-31(34)39(41)42/h9-16,18-23,25-27,40H,7-8,17H2,1-6H3,(H,41,42)/b28-12-,35-18+,36-22-. The number of carboxylic acid groups (broad SMARTS) is 1. The summed E-state index contributed by atoms with van der Waals surface area (Å²) in [7, 11) is 1.67. The number of carbonyl (C=O) groups is 1. The molecule has 2 aliphatic heterocycles. The predicted molar refractivity (Wildman–Crippen MR) is 181 cm³/mol. The second-order valence-corrected chi connectivity index (χ2v) is 11.8. The van der Waals surface area contributed by atoms with Crippen molar-refractivity contribution in [1.29, 1.82) is 0 Å². The Balaban J connectivity index is 1.56. The Kier molecular flexibility index (Phi) is 9.82. The maximum atomic E-state index is 11.9. The van der Waals surface area contributed by atoms with Crippen LogP contribution < -0.4 is 14.8 Å². The number of nitrogens with one attached hydrogen (secondary N) is 1. The molecule has 3 unspecified atom stereocenters. The molecule has 0 saturated heterocycles. The lowest BCUT2D eigenvalue weighted by Gasteiger charge is -2.29. The number of para-hydroxylation sites is 1. The van der Waals surface area contributed by atoms with Crippen LogP contribution in [0.5, 0.6) is 11.5 Å². The van der Waals surface area contributed by atoms with Crippen LogP contribution >= 0.6 is 0 Å². The number of methoxy groups -OCH3 is 1. The number of carboxylic acids is 1. The Morgan fingerprint density at radius 1 is 1.07 bits per heavy atom. The van der Waals surface area contributed by atoms with Crippen LogP contribution in [0.1, 0.15) is 85.6 Å². The molecule has 3 aromatic carbocycles. The van der Waals surface area contributed by atoms with Gasteiger partial charge in [-0.25, -0.2) is 4.79 Å². The molecule has 5 rings (SSSR count). The van der Waals surface area contributed by atoms with Crippen LogP contribution in [0, 0.1) is 18.8 Å². The third-order valence-electron chi connectivity index (χ3n) is 8.55. The van der Waals surface area contributed by atoms with Gasteiger partial charge in [-0.2, -0.15) is 0 Å². The Bertz CT molecular complexity index is 1700. The molecule has 6 heteroatoms. The van der Waals surface area contributed by atoms with Crippen LogP contribution in [0.15, 0.2) is 96.5 Å². The van der Waals surface area contributed by atoms with Gasteiger partial charge in [-0.15, -0.1) is 0 Å². The van der Waals surface area contributed by atoms with Crippen molar-refractivity contribution in [3.05, 3.63) is 124 Å². The van der Waals surface area contributed by atoms with Crippen LogP contribution in [-0.2, 0) is 4.74 Å². The lowest BCUT2D eigenvalue weighted by molar-refractivity contribution is 0.0698. The Labute approximate surface area is 266 Å². The number of ether oxygens (including phenoxy) is 3. The van der Waals surface area contributed by atoms with Gasteiger partial charge in [0.15, 0.2) is 11.5 Å². The molecule has 234 valence electrons. The molecule has 3 aromatic rings. The molecular weight excluding hydrogens is 562 g/mol. The van der Waals surface area contributed by atoms with Crippen LogP contribution in [0.25, 0.3) is 11.3 Å². The Hall–Kier alpha value is -4.71. The maximum absolute atomic E-state index is 11.9. The summed E-state index contributed by atoms with van der Waals surface area (Å²) in [4.78, 5) is 11.9. The van der Waals surface area contributed by atoms with E-state index in [0.29, 0.717) is 29.0 Å². The minimum atomic E-state index is -0.973. The van der Waals surface area contributed by atoms with Gasteiger partial charge in [0.25, 0.3) is 0 Å². The maximum Gasteiger partial charge on any atom is 0.337 e. The van der Waals surface area contributed by atoms with Gasteiger partial charge < -0.3 is 24.6 Å². The zero-order valence-corrected chi connectivity index (χ0v) is 27.0. The lowest BCUT2D eigenvalue weighted by Crippen LogP contribution is -2.17. The van der Waals surface area contributed by atoms with Crippen LogP contribution in [-0.4, -0.2) is 18.2 Å². The average molecular weight is 606 g/mol. The zero-order chi connectivity index (χ0) is 32.1. The summed E-state index contributed by atoms with van der Waals surface area (Å²) in [5, 5.41) is 13.2. The molecule has 0 aromatic heterocycles. The van der Waals surface area contributed by atoms with Gasteiger partial charge >= 0.3 is 5.97 Å². The molecule has 45 heavy (non-hydrogen) atoms. The predicted octanol–water partition coefficient (Wildman–Crippen LogP) is 9.95. The summed E-state index contributed by atoms with van der Waals surface area (Å²) < 4.78 is 19.1. The zero-order valence-electron chi connectivity index (χ0n) is 27.0. The van der Waals surface area contributed by atoms with Gasteiger partial charge in [-0.3, -0.25) is 0 Å². The van der Waals surface area contributed by atoms with E-state index in [9.17, 15) is 9.90 Å². The number of allylic oxidation sites excluding steroid dienone is 5. The highest BCUT2D eigenvalue weighted by Gasteiger charge is 2.28. The summed E-state index contributed by atoms with van der Waals surface area (Å²) in [6.45, 7) is 10.7. The van der Waals surface area contributed by atoms with E-state index in [-0.39, 0.29) is 11.6 Å². The highest BCUT2D eigenvalue weighted by Crippen LogP contribution is 2.44. The molecule has 0 spiro atoms. The highest BCUT2D eigenvalue weighted by molar-refractivity contribution is 5.94. The Morgan fingerprint density at radius 3 is 2.60 bits per heavy atom. The Morgan fingerprint density at radius 2 is 1.87 bits per heavy atom. The lowest BCUT2D eigenvalue weighted by atomic mass is 9.86. The summed E-state index contributed by atoms with van der Waals surface area (Å²) >= 11 is 0. The molecule has 0 amide bonds. The number of rotatable bonds is 9. The number of benzene rings is 3. The number of aryl methyl sites for hydroxylation is 1. The van der Waals surface area contributed by atoms with E-state index in [1.807, 2.05) is 37.3 Å². The van der Waals surface area contributed by atoms with Crippen molar-refractivity contribution in [2.75, 3.05) is 12.4 Å². The first-order chi connectivity index (χ1) is 21.7. The van der Waals surface area contributed by atoms with Crippen molar-refractivity contribution in [3.8, 4) is 11.5 Å². The first-order valence-electron chi connectivity index (χ1n) is 15.8. The van der Waals surface area contributed by atoms with Crippen LogP contribution in [0.4, 0.5) is 5.69 Å². The van der Waals surface area contributed by atoms with E-state index >= 15 is 0 Å². The topological polar surface area (TPSA) is 77.0 Å². The van der Waals surface area contributed by atoms with E-state index in [2.05, 4.69) is 69.4 Å². The second-order valence-electron chi connectivity index (χ2n) is 11.8. The van der Waals surface area contributed by atoms with E-state index < -0.39 is 5.97 Å². The molecule has 2 heterocycles. The third-order valence-corrected chi connectivity index (χ3v) is 8.55. The summed E-state index contributed by atoms with van der Waals surface area (Å²) in [5.74, 6) is 3.39. The van der Waals surface area contributed by atoms with Gasteiger partial charge in [0.2, 0.25) is 0 Å². The van der Waals surface area contributed by atoms with Gasteiger partial charge in [-0.1, -0.05) is 57.2 Å². The fraction of sp³-hybridized carbons (Fsp3) is 0.308. The monoisotopic (exact) mass is 605 g/mol. The highest BCUT2D eigenvalue weighted by atomic mass is 16.5. The van der Waals surface area contributed by atoms with Gasteiger partial charge in [0, 0.05) is 22.4 Å². The SMILES string of the molecule is CC/C=C1C=C(/C2=C\CC(C)C(CC)/C=C(/c3cccc(OC)c3)O2)Oc2c/1cc(C)cc2C(C)Nc1ccccc1C(=O)O. The number of anilines is 1. The van der Waals surface area contributed by atoms with Crippen molar-refractivity contribution >= 4 is 23.0 Å². The normalized spacial score (nSPS) is 21.7. The first kappa shape index (κ1) is 31.7. The average Bonchev–Trinajstić information content (AvgIpc) is 3.03. The third kappa shape index (κ3) is 7.01. The van der Waals surface area contributed by atoms with E-state index in [1.54, 1.807) is 25.3 Å². The quantitative estimate of drug-likeness (QED) is 0.253. The van der Waals surface area contributed by atoms with Crippen molar-refractivity contribution in [2.24, 2.45) is 11.8 Å². The molecule has 6 nitrogen and oxygen atoms in total. The van der Waals surface area contributed by atoms with Crippen molar-refractivity contribution in [1.82, 2.24) is 0 Å². The summed E-state index contributed by atoms with van der Waals surface area (Å²) in [6.07, 6.45) is 11.4. The number of fused-ring (bicyclic) bond motifs is 1. The van der Waals surface area contributed by atoms with Gasteiger partial charge in [0.05, 0.1) is 18.7 Å². The van der Waals surface area contributed by atoms with E-state index in [1.165, 1.54) is 0 Å².